The molecule has 0 unspecified atom stereocenters. The van der Waals surface area contributed by atoms with Crippen LogP contribution in [0.3, 0.4) is 0 Å². The standard InChI is InChI=1S/C30H34N4O2/c1-2-3-13-28-32-26-18-19-27(31-23-9-5-4-6-10-23)33-29(26)34(28)20-21-14-16-22(17-15-21)24-11-7-8-12-25(24)30(35)36/h7-8,11-12,14-19,23H,2-6,9-10,13,20H2,1H3,(H,31,33)(H,35,36). The van der Waals surface area contributed by atoms with Crippen molar-refractivity contribution in [1.82, 2.24) is 14.5 Å². The highest BCUT2D eigenvalue weighted by molar-refractivity contribution is 5.96. The molecule has 0 spiro atoms. The summed E-state index contributed by atoms with van der Waals surface area (Å²) >= 11 is 0. The van der Waals surface area contributed by atoms with E-state index in [1.54, 1.807) is 12.1 Å². The van der Waals surface area contributed by atoms with Crippen molar-refractivity contribution < 1.29 is 9.90 Å². The van der Waals surface area contributed by atoms with Gasteiger partial charge >= 0.3 is 5.97 Å². The van der Waals surface area contributed by atoms with Crippen molar-refractivity contribution in [3.8, 4) is 11.1 Å². The van der Waals surface area contributed by atoms with Gasteiger partial charge in [0.15, 0.2) is 5.65 Å². The van der Waals surface area contributed by atoms with E-state index in [9.17, 15) is 9.90 Å². The van der Waals surface area contributed by atoms with Crippen LogP contribution in [0.2, 0.25) is 0 Å². The Morgan fingerprint density at radius 1 is 1.00 bits per heavy atom. The number of carboxylic acid groups (broad SMARTS) is 1. The summed E-state index contributed by atoms with van der Waals surface area (Å²) in [5.74, 6) is 1.08. The number of carbonyl (C=O) groups is 1. The Morgan fingerprint density at radius 2 is 1.78 bits per heavy atom. The van der Waals surface area contributed by atoms with Crippen LogP contribution in [0, 0.1) is 0 Å². The number of carboxylic acids is 1. The third-order valence-corrected chi connectivity index (χ3v) is 7.15. The first-order valence-corrected chi connectivity index (χ1v) is 13.2. The summed E-state index contributed by atoms with van der Waals surface area (Å²) in [6.45, 7) is 2.88. The molecule has 0 radical (unpaired) electrons. The Labute approximate surface area is 212 Å². The summed E-state index contributed by atoms with van der Waals surface area (Å²) in [6, 6.07) is 19.9. The maximum absolute atomic E-state index is 11.7. The van der Waals surface area contributed by atoms with Crippen LogP contribution in [0.1, 0.15) is 73.6 Å². The van der Waals surface area contributed by atoms with Gasteiger partial charge in [-0.1, -0.05) is 75.1 Å². The second-order valence-electron chi connectivity index (χ2n) is 9.78. The molecule has 0 amide bonds. The van der Waals surface area contributed by atoms with Crippen molar-refractivity contribution in [3.05, 3.63) is 77.6 Å². The van der Waals surface area contributed by atoms with E-state index in [1.165, 1.54) is 32.1 Å². The van der Waals surface area contributed by atoms with Crippen LogP contribution in [0.25, 0.3) is 22.3 Å². The molecule has 2 heterocycles. The molecule has 2 aromatic heterocycles. The number of benzene rings is 2. The molecule has 1 aliphatic rings. The van der Waals surface area contributed by atoms with Gasteiger partial charge in [-0.15, -0.1) is 0 Å². The number of aromatic carboxylic acids is 1. The number of rotatable bonds is 9. The van der Waals surface area contributed by atoms with Crippen molar-refractivity contribution in [3.63, 3.8) is 0 Å². The van der Waals surface area contributed by atoms with Crippen molar-refractivity contribution >= 4 is 23.0 Å². The number of pyridine rings is 1. The minimum atomic E-state index is -0.913. The molecule has 0 saturated heterocycles. The summed E-state index contributed by atoms with van der Waals surface area (Å²) < 4.78 is 2.25. The fraction of sp³-hybridized carbons (Fsp3) is 0.367. The third kappa shape index (κ3) is 5.27. The van der Waals surface area contributed by atoms with E-state index in [4.69, 9.17) is 9.97 Å². The smallest absolute Gasteiger partial charge is 0.336 e. The predicted octanol–water partition coefficient (Wildman–Crippen LogP) is 6.93. The summed E-state index contributed by atoms with van der Waals surface area (Å²) in [4.78, 5) is 21.6. The molecule has 0 aliphatic heterocycles. The molecule has 6 nitrogen and oxygen atoms in total. The second kappa shape index (κ2) is 10.9. The largest absolute Gasteiger partial charge is 0.478 e. The Hall–Kier alpha value is -3.67. The normalized spacial score (nSPS) is 14.2. The molecular formula is C30H34N4O2. The lowest BCUT2D eigenvalue weighted by atomic mass is 9.95. The van der Waals surface area contributed by atoms with E-state index in [-0.39, 0.29) is 0 Å². The monoisotopic (exact) mass is 482 g/mol. The van der Waals surface area contributed by atoms with Crippen molar-refractivity contribution in [2.24, 2.45) is 0 Å². The number of imidazole rings is 1. The van der Waals surface area contributed by atoms with Gasteiger partial charge in [0.05, 0.1) is 12.1 Å². The van der Waals surface area contributed by atoms with Crippen molar-refractivity contribution in [2.45, 2.75) is 70.9 Å². The van der Waals surface area contributed by atoms with Gasteiger partial charge in [-0.2, -0.15) is 0 Å². The fourth-order valence-electron chi connectivity index (χ4n) is 5.17. The Balaban J connectivity index is 1.44. The number of anilines is 1. The quantitative estimate of drug-likeness (QED) is 0.270. The zero-order valence-electron chi connectivity index (χ0n) is 20.9. The van der Waals surface area contributed by atoms with Gasteiger partial charge < -0.3 is 15.0 Å². The van der Waals surface area contributed by atoms with Gasteiger partial charge in [0, 0.05) is 12.5 Å². The second-order valence-corrected chi connectivity index (χ2v) is 9.78. The van der Waals surface area contributed by atoms with E-state index in [1.807, 2.05) is 24.3 Å². The maximum atomic E-state index is 11.7. The number of aromatic nitrogens is 3. The topological polar surface area (TPSA) is 80.0 Å². The van der Waals surface area contributed by atoms with Gasteiger partial charge in [-0.3, -0.25) is 0 Å². The van der Waals surface area contributed by atoms with Crippen molar-refractivity contribution in [2.75, 3.05) is 5.32 Å². The van der Waals surface area contributed by atoms with Gasteiger partial charge in [0.2, 0.25) is 0 Å². The molecule has 4 aromatic rings. The van der Waals surface area contributed by atoms with Gasteiger partial charge in [0.25, 0.3) is 0 Å². The number of nitrogens with zero attached hydrogens (tertiary/aromatic N) is 3. The zero-order chi connectivity index (χ0) is 24.9. The van der Waals surface area contributed by atoms with E-state index in [2.05, 4.69) is 41.1 Å². The van der Waals surface area contributed by atoms with Crippen LogP contribution in [0.15, 0.2) is 60.7 Å². The molecule has 186 valence electrons. The first-order valence-electron chi connectivity index (χ1n) is 13.2. The Kier molecular flexibility index (Phi) is 7.31. The highest BCUT2D eigenvalue weighted by atomic mass is 16.4. The van der Waals surface area contributed by atoms with Gasteiger partial charge in [-0.25, -0.2) is 14.8 Å². The summed E-state index contributed by atoms with van der Waals surface area (Å²) in [7, 11) is 0. The summed E-state index contributed by atoms with van der Waals surface area (Å²) in [6.07, 6.45) is 9.43. The maximum Gasteiger partial charge on any atom is 0.336 e. The summed E-state index contributed by atoms with van der Waals surface area (Å²) in [5.41, 5.74) is 4.93. The van der Waals surface area contributed by atoms with Crippen LogP contribution in [0.5, 0.6) is 0 Å². The summed E-state index contributed by atoms with van der Waals surface area (Å²) in [5, 5.41) is 13.2. The molecule has 36 heavy (non-hydrogen) atoms. The molecule has 2 N–H and O–H groups in total. The van der Waals surface area contributed by atoms with E-state index in [0.29, 0.717) is 18.2 Å². The minimum absolute atomic E-state index is 0.315. The lowest BCUT2D eigenvalue weighted by Gasteiger charge is -2.23. The van der Waals surface area contributed by atoms with Crippen molar-refractivity contribution in [1.29, 1.82) is 0 Å². The third-order valence-electron chi connectivity index (χ3n) is 7.15. The van der Waals surface area contributed by atoms with Crippen LogP contribution in [-0.2, 0) is 13.0 Å². The molecule has 1 saturated carbocycles. The van der Waals surface area contributed by atoms with Crippen LogP contribution < -0.4 is 5.32 Å². The minimum Gasteiger partial charge on any atom is -0.478 e. The number of hydrogen-bond donors (Lipinski definition) is 2. The molecule has 1 aliphatic carbocycles. The van der Waals surface area contributed by atoms with Gasteiger partial charge in [0.1, 0.15) is 17.2 Å². The molecule has 5 rings (SSSR count). The Morgan fingerprint density at radius 3 is 2.53 bits per heavy atom. The van der Waals surface area contributed by atoms with Gasteiger partial charge in [-0.05, 0) is 54.2 Å². The number of hydrogen-bond acceptors (Lipinski definition) is 4. The molecule has 0 atom stereocenters. The average Bonchev–Trinajstić information content (AvgIpc) is 3.25. The first kappa shape index (κ1) is 24.0. The zero-order valence-corrected chi connectivity index (χ0v) is 20.9. The highest BCUT2D eigenvalue weighted by Gasteiger charge is 2.17. The van der Waals surface area contributed by atoms with Crippen LogP contribution >= 0.6 is 0 Å². The van der Waals surface area contributed by atoms with E-state index >= 15 is 0 Å². The number of unbranched alkanes of at least 4 members (excludes halogenated alkanes) is 1. The fourth-order valence-corrected chi connectivity index (χ4v) is 5.17. The Bertz CT molecular complexity index is 1340. The SMILES string of the molecule is CCCCc1nc2ccc(NC3CCCCC3)nc2n1Cc1ccc(-c2ccccc2C(=O)O)cc1. The molecule has 6 heteroatoms. The lowest BCUT2D eigenvalue weighted by molar-refractivity contribution is 0.0697. The van der Waals surface area contributed by atoms with Crippen LogP contribution in [-0.4, -0.2) is 31.7 Å². The molecule has 2 aromatic carbocycles. The predicted molar refractivity (Wildman–Crippen MR) is 145 cm³/mol. The lowest BCUT2D eigenvalue weighted by Crippen LogP contribution is -2.22. The van der Waals surface area contributed by atoms with Crippen LogP contribution in [0.4, 0.5) is 5.82 Å². The first-order chi connectivity index (χ1) is 17.6. The molecule has 0 bridgehead atoms. The highest BCUT2D eigenvalue weighted by Crippen LogP contribution is 2.26. The number of nitrogens with one attached hydrogen (secondary N) is 1. The van der Waals surface area contributed by atoms with E-state index < -0.39 is 5.97 Å². The van der Waals surface area contributed by atoms with E-state index in [0.717, 1.165) is 58.8 Å². The molecular weight excluding hydrogens is 448 g/mol. The molecule has 1 fully saturated rings. The average molecular weight is 483 g/mol. The number of aryl methyl sites for hydroxylation is 1. The number of fused-ring (bicyclic) bond motifs is 1.